The Balaban J connectivity index is 1.52. The van der Waals surface area contributed by atoms with Crippen molar-refractivity contribution in [2.45, 2.75) is 25.9 Å². The number of rotatable bonds is 9. The Morgan fingerprint density at radius 3 is 1.71 bits per heavy atom. The topological polar surface area (TPSA) is 170 Å². The van der Waals surface area contributed by atoms with Crippen LogP contribution in [0.5, 0.6) is 0 Å². The van der Waals surface area contributed by atoms with E-state index < -0.39 is 11.9 Å². The Labute approximate surface area is 246 Å². The molecule has 1 aliphatic heterocycles. The molecule has 0 radical (unpaired) electrons. The Morgan fingerprint density at radius 2 is 1.21 bits per heavy atom. The Kier molecular flexibility index (Phi) is 15.3. The molecule has 1 saturated heterocycles. The lowest BCUT2D eigenvalue weighted by molar-refractivity contribution is 0.00597. The van der Waals surface area contributed by atoms with Gasteiger partial charge in [0.25, 0.3) is 0 Å². The first kappa shape index (κ1) is 33.5. The minimum atomic E-state index is -1.05. The van der Waals surface area contributed by atoms with Crippen LogP contribution in [0.4, 0.5) is 0 Å². The van der Waals surface area contributed by atoms with Gasteiger partial charge in [-0.15, -0.1) is 0 Å². The van der Waals surface area contributed by atoms with Crippen molar-refractivity contribution in [3.63, 3.8) is 0 Å². The largest absolute Gasteiger partial charge is 0.477 e. The molecule has 1 aliphatic rings. The standard InChI is InChI=1S/C29H43N5O8/c30-6-2-3-23-19-25(32-27(20-23)29(37)38)22-34-9-13-41-17-15-39-11-7-33(8-12-40-16-18-42-14-10-34)21-24-4-1-5-26(31-24)28(35)36/h1,4-5,19-20H,2-3,6-18,21-22,30H2,(H,35,36)(H,37,38). The summed E-state index contributed by atoms with van der Waals surface area (Å²) < 4.78 is 23.2. The highest BCUT2D eigenvalue weighted by molar-refractivity contribution is 5.85. The van der Waals surface area contributed by atoms with Crippen molar-refractivity contribution < 1.29 is 38.7 Å². The van der Waals surface area contributed by atoms with E-state index in [-0.39, 0.29) is 11.4 Å². The quantitative estimate of drug-likeness (QED) is 0.381. The monoisotopic (exact) mass is 589 g/mol. The van der Waals surface area contributed by atoms with Crippen molar-refractivity contribution in [2.24, 2.45) is 5.73 Å². The number of pyridine rings is 2. The molecule has 3 rings (SSSR count). The molecule has 13 heteroatoms. The third-order valence-electron chi connectivity index (χ3n) is 6.58. The molecule has 0 spiro atoms. The van der Waals surface area contributed by atoms with Crippen molar-refractivity contribution in [1.82, 2.24) is 19.8 Å². The molecular formula is C29H43N5O8. The average molecular weight is 590 g/mol. The van der Waals surface area contributed by atoms with Crippen LogP contribution in [-0.2, 0) is 38.5 Å². The minimum absolute atomic E-state index is 0.0200. The number of nitrogens with zero attached hydrogens (tertiary/aromatic N) is 4. The maximum atomic E-state index is 11.6. The highest BCUT2D eigenvalue weighted by atomic mass is 16.5. The summed E-state index contributed by atoms with van der Waals surface area (Å²) in [4.78, 5) is 35.7. The van der Waals surface area contributed by atoms with Gasteiger partial charge >= 0.3 is 11.9 Å². The van der Waals surface area contributed by atoms with E-state index in [2.05, 4.69) is 19.8 Å². The van der Waals surface area contributed by atoms with Crippen molar-refractivity contribution in [1.29, 1.82) is 0 Å². The normalized spacial score (nSPS) is 17.7. The number of nitrogens with two attached hydrogens (primary N) is 1. The first-order chi connectivity index (χ1) is 20.4. The third kappa shape index (κ3) is 12.9. The van der Waals surface area contributed by atoms with Crippen LogP contribution in [-0.4, -0.2) is 127 Å². The molecule has 42 heavy (non-hydrogen) atoms. The summed E-state index contributed by atoms with van der Waals surface area (Å²) >= 11 is 0. The first-order valence-corrected chi connectivity index (χ1v) is 14.3. The molecule has 1 fully saturated rings. The average Bonchev–Trinajstić information content (AvgIpc) is 2.97. The number of aromatic nitrogens is 2. The summed E-state index contributed by atoms with van der Waals surface area (Å²) in [5, 5.41) is 18.8. The summed E-state index contributed by atoms with van der Waals surface area (Å²) in [7, 11) is 0. The van der Waals surface area contributed by atoms with Crippen LogP contribution in [0.2, 0.25) is 0 Å². The summed E-state index contributed by atoms with van der Waals surface area (Å²) in [6.07, 6.45) is 1.47. The van der Waals surface area contributed by atoms with Gasteiger partial charge in [0.15, 0.2) is 0 Å². The van der Waals surface area contributed by atoms with Gasteiger partial charge in [0, 0.05) is 39.3 Å². The second-order valence-corrected chi connectivity index (χ2v) is 9.87. The van der Waals surface area contributed by atoms with Crippen LogP contribution in [0.1, 0.15) is 44.3 Å². The van der Waals surface area contributed by atoms with E-state index in [0.29, 0.717) is 116 Å². The van der Waals surface area contributed by atoms with Crippen LogP contribution in [0.15, 0.2) is 30.3 Å². The highest BCUT2D eigenvalue weighted by Crippen LogP contribution is 2.12. The summed E-state index contributed by atoms with van der Waals surface area (Å²) in [5.74, 6) is -2.10. The molecular weight excluding hydrogens is 546 g/mol. The smallest absolute Gasteiger partial charge is 0.354 e. The van der Waals surface area contributed by atoms with Gasteiger partial charge in [0.1, 0.15) is 11.4 Å². The molecule has 0 aromatic carbocycles. The fourth-order valence-corrected chi connectivity index (χ4v) is 4.39. The molecule has 0 atom stereocenters. The van der Waals surface area contributed by atoms with Crippen LogP contribution in [0, 0.1) is 0 Å². The predicted octanol–water partition coefficient (Wildman–Crippen LogP) is 1.15. The maximum absolute atomic E-state index is 11.6. The second-order valence-electron chi connectivity index (χ2n) is 9.87. The zero-order valence-electron chi connectivity index (χ0n) is 24.1. The number of carboxylic acid groups (broad SMARTS) is 2. The van der Waals surface area contributed by atoms with Crippen LogP contribution in [0.3, 0.4) is 0 Å². The van der Waals surface area contributed by atoms with E-state index in [1.54, 1.807) is 12.1 Å². The fraction of sp³-hybridized carbons (Fsp3) is 0.586. The van der Waals surface area contributed by atoms with Crippen molar-refractivity contribution in [3.8, 4) is 0 Å². The molecule has 0 amide bonds. The number of aromatic carboxylic acids is 2. The molecule has 2 aromatic heterocycles. The number of hydrogen-bond acceptors (Lipinski definition) is 11. The number of hydrogen-bond donors (Lipinski definition) is 3. The lowest BCUT2D eigenvalue weighted by Crippen LogP contribution is -2.33. The molecule has 0 saturated carbocycles. The molecule has 0 unspecified atom stereocenters. The number of carboxylic acids is 2. The van der Waals surface area contributed by atoms with Gasteiger partial charge in [-0.05, 0) is 49.2 Å². The van der Waals surface area contributed by atoms with Crippen LogP contribution < -0.4 is 5.73 Å². The molecule has 13 nitrogen and oxygen atoms in total. The summed E-state index contributed by atoms with van der Waals surface area (Å²) in [6, 6.07) is 8.54. The van der Waals surface area contributed by atoms with E-state index in [1.165, 1.54) is 6.07 Å². The molecule has 2 aromatic rings. The third-order valence-corrected chi connectivity index (χ3v) is 6.58. The van der Waals surface area contributed by atoms with Gasteiger partial charge in [-0.3, -0.25) is 9.80 Å². The van der Waals surface area contributed by atoms with Gasteiger partial charge in [-0.25, -0.2) is 19.6 Å². The van der Waals surface area contributed by atoms with E-state index in [4.69, 9.17) is 24.7 Å². The zero-order valence-corrected chi connectivity index (χ0v) is 24.1. The van der Waals surface area contributed by atoms with E-state index >= 15 is 0 Å². The highest BCUT2D eigenvalue weighted by Gasteiger charge is 2.14. The minimum Gasteiger partial charge on any atom is -0.477 e. The lowest BCUT2D eigenvalue weighted by atomic mass is 10.1. The first-order valence-electron chi connectivity index (χ1n) is 14.3. The predicted molar refractivity (Wildman–Crippen MR) is 154 cm³/mol. The molecule has 0 bridgehead atoms. The Bertz CT molecular complexity index is 1090. The SMILES string of the molecule is NCCCc1cc(CN2CCOCCOCCN(Cc3cccc(C(=O)O)n3)CCOCCOCC2)nc(C(=O)O)c1. The molecule has 4 N–H and O–H groups in total. The molecule has 232 valence electrons. The van der Waals surface area contributed by atoms with E-state index in [9.17, 15) is 19.8 Å². The number of ether oxygens (including phenoxy) is 4. The van der Waals surface area contributed by atoms with Gasteiger partial charge in [-0.1, -0.05) is 6.07 Å². The number of carbonyl (C=O) groups is 2. The van der Waals surface area contributed by atoms with E-state index in [1.807, 2.05) is 12.1 Å². The van der Waals surface area contributed by atoms with Crippen LogP contribution >= 0.6 is 0 Å². The molecule has 0 aliphatic carbocycles. The van der Waals surface area contributed by atoms with Gasteiger partial charge in [0.2, 0.25) is 0 Å². The van der Waals surface area contributed by atoms with Crippen molar-refractivity contribution in [3.05, 3.63) is 58.7 Å². The van der Waals surface area contributed by atoms with Crippen LogP contribution in [0.25, 0.3) is 0 Å². The second kappa shape index (κ2) is 19.2. The summed E-state index contributed by atoms with van der Waals surface area (Å²) in [6.45, 7) is 7.64. The summed E-state index contributed by atoms with van der Waals surface area (Å²) in [5.41, 5.74) is 7.96. The zero-order chi connectivity index (χ0) is 30.0. The fourth-order valence-electron chi connectivity index (χ4n) is 4.39. The molecule has 3 heterocycles. The van der Waals surface area contributed by atoms with Gasteiger partial charge in [-0.2, -0.15) is 0 Å². The van der Waals surface area contributed by atoms with Crippen molar-refractivity contribution >= 4 is 11.9 Å². The van der Waals surface area contributed by atoms with E-state index in [0.717, 1.165) is 12.0 Å². The Hall–Kier alpha value is -3.04. The van der Waals surface area contributed by atoms with Gasteiger partial charge in [0.05, 0.1) is 64.2 Å². The van der Waals surface area contributed by atoms with Gasteiger partial charge < -0.3 is 34.9 Å². The van der Waals surface area contributed by atoms with Crippen molar-refractivity contribution in [2.75, 3.05) is 85.6 Å². The Morgan fingerprint density at radius 1 is 0.714 bits per heavy atom. The lowest BCUT2D eigenvalue weighted by Gasteiger charge is -2.23. The maximum Gasteiger partial charge on any atom is 0.354 e. The number of aryl methyl sites for hydroxylation is 1.